The van der Waals surface area contributed by atoms with Crippen molar-refractivity contribution in [3.8, 4) is 5.75 Å². The molecule has 2 saturated heterocycles. The number of piperidine rings is 2. The van der Waals surface area contributed by atoms with Gasteiger partial charge in [-0.25, -0.2) is 4.98 Å². The number of pyridine rings is 1. The maximum atomic E-state index is 12.8. The van der Waals surface area contributed by atoms with Crippen LogP contribution in [0.5, 0.6) is 5.75 Å². The van der Waals surface area contributed by atoms with Crippen molar-refractivity contribution < 1.29 is 22.7 Å². The number of rotatable bonds is 5. The van der Waals surface area contributed by atoms with E-state index in [9.17, 15) is 18.0 Å². The first-order valence-corrected chi connectivity index (χ1v) is 11.9. The first-order valence-electron chi connectivity index (χ1n) is 11.9. The molecule has 2 aliphatic rings. The summed E-state index contributed by atoms with van der Waals surface area (Å²) in [4.78, 5) is 19.2. The molecule has 2 fully saturated rings. The molecule has 2 N–H and O–H groups in total. The summed E-state index contributed by atoms with van der Waals surface area (Å²) < 4.78 is 46.4. The van der Waals surface area contributed by atoms with Crippen molar-refractivity contribution in [2.75, 3.05) is 31.1 Å². The van der Waals surface area contributed by atoms with Crippen LogP contribution in [0.2, 0.25) is 0 Å². The van der Waals surface area contributed by atoms with E-state index in [1.54, 1.807) is 10.6 Å². The molecule has 1 amide bonds. The molecule has 4 heterocycles. The monoisotopic (exact) mass is 487 g/mol. The van der Waals surface area contributed by atoms with E-state index < -0.39 is 11.7 Å². The Bertz CT molecular complexity index is 1160. The number of fused-ring (bicyclic) bond motifs is 1. The Balaban J connectivity index is 1.17. The first kappa shape index (κ1) is 23.5. The number of halogens is 3. The van der Waals surface area contributed by atoms with Gasteiger partial charge in [0.15, 0.2) is 0 Å². The van der Waals surface area contributed by atoms with Gasteiger partial charge in [0.1, 0.15) is 23.2 Å². The number of ether oxygens (including phenoxy) is 1. The second-order valence-corrected chi connectivity index (χ2v) is 9.10. The molecule has 5 rings (SSSR count). The van der Waals surface area contributed by atoms with Gasteiger partial charge in [-0.1, -0.05) is 0 Å². The van der Waals surface area contributed by atoms with E-state index in [1.807, 2.05) is 18.3 Å². The number of anilines is 1. The molecule has 1 aromatic carbocycles. The summed E-state index contributed by atoms with van der Waals surface area (Å²) in [7, 11) is 0. The van der Waals surface area contributed by atoms with Crippen molar-refractivity contribution in [1.29, 1.82) is 0 Å². The zero-order chi connectivity index (χ0) is 24.4. The van der Waals surface area contributed by atoms with Gasteiger partial charge in [0.25, 0.3) is 5.91 Å². The molecule has 0 aliphatic carbocycles. The van der Waals surface area contributed by atoms with Crippen molar-refractivity contribution >= 4 is 17.2 Å². The number of nitrogens with zero attached hydrogens (tertiary/aromatic N) is 3. The van der Waals surface area contributed by atoms with Crippen LogP contribution in [0, 0.1) is 0 Å². The van der Waals surface area contributed by atoms with Crippen molar-refractivity contribution in [3.63, 3.8) is 0 Å². The lowest BCUT2D eigenvalue weighted by Gasteiger charge is -2.33. The van der Waals surface area contributed by atoms with Crippen LogP contribution in [0.3, 0.4) is 0 Å². The Morgan fingerprint density at radius 3 is 2.46 bits per heavy atom. The van der Waals surface area contributed by atoms with Gasteiger partial charge in [0.2, 0.25) is 0 Å². The molecule has 0 radical (unpaired) electrons. The summed E-state index contributed by atoms with van der Waals surface area (Å²) in [5.41, 5.74) is 1.16. The second-order valence-electron chi connectivity index (χ2n) is 9.10. The molecule has 0 atom stereocenters. The van der Waals surface area contributed by atoms with Crippen molar-refractivity contribution in [1.82, 2.24) is 20.0 Å². The number of aromatic nitrogens is 2. The summed E-state index contributed by atoms with van der Waals surface area (Å²) in [5, 5.41) is 6.34. The molecule has 2 aliphatic heterocycles. The number of amides is 1. The fraction of sp³-hybridized carbons (Fsp3) is 0.440. The number of hydrogen-bond acceptors (Lipinski definition) is 5. The summed E-state index contributed by atoms with van der Waals surface area (Å²) in [5.74, 6) is 0.514. The topological polar surface area (TPSA) is 70.9 Å². The van der Waals surface area contributed by atoms with E-state index in [0.29, 0.717) is 30.2 Å². The Morgan fingerprint density at radius 2 is 1.77 bits per heavy atom. The molecule has 0 unspecified atom stereocenters. The van der Waals surface area contributed by atoms with E-state index in [4.69, 9.17) is 4.74 Å². The zero-order valence-corrected chi connectivity index (χ0v) is 19.2. The minimum absolute atomic E-state index is 0.000732. The molecule has 0 bridgehead atoms. The Labute approximate surface area is 201 Å². The van der Waals surface area contributed by atoms with Crippen LogP contribution in [-0.4, -0.2) is 53.6 Å². The number of imidazole rings is 1. The number of carbonyl (C=O) groups is 1. The third-order valence-corrected chi connectivity index (χ3v) is 6.64. The van der Waals surface area contributed by atoms with Crippen LogP contribution < -0.4 is 20.3 Å². The van der Waals surface area contributed by atoms with Crippen LogP contribution in [-0.2, 0) is 6.18 Å². The van der Waals surface area contributed by atoms with Crippen molar-refractivity contribution in [3.05, 3.63) is 60.0 Å². The molecule has 3 aromatic rings. The third kappa shape index (κ3) is 5.53. The van der Waals surface area contributed by atoms with Crippen molar-refractivity contribution in [2.45, 2.75) is 44.0 Å². The highest BCUT2D eigenvalue weighted by molar-refractivity contribution is 5.93. The fourth-order valence-electron chi connectivity index (χ4n) is 4.66. The van der Waals surface area contributed by atoms with Gasteiger partial charge < -0.3 is 24.7 Å². The number of carbonyl (C=O) groups excluding carboxylic acids is 1. The summed E-state index contributed by atoms with van der Waals surface area (Å²) in [6.45, 7) is 3.20. The van der Waals surface area contributed by atoms with E-state index >= 15 is 0 Å². The molecule has 10 heteroatoms. The maximum absolute atomic E-state index is 12.8. The van der Waals surface area contributed by atoms with Crippen LogP contribution in [0.25, 0.3) is 5.65 Å². The summed E-state index contributed by atoms with van der Waals surface area (Å²) >= 11 is 0. The first-order chi connectivity index (χ1) is 16.8. The summed E-state index contributed by atoms with van der Waals surface area (Å²) in [6, 6.07) is 9.14. The molecule has 2 aromatic heterocycles. The molecule has 35 heavy (non-hydrogen) atoms. The van der Waals surface area contributed by atoms with Crippen LogP contribution >= 0.6 is 0 Å². The fourth-order valence-corrected chi connectivity index (χ4v) is 4.66. The lowest BCUT2D eigenvalue weighted by Crippen LogP contribution is -2.42. The normalized spacial score (nSPS) is 18.1. The molecule has 186 valence electrons. The Morgan fingerprint density at radius 1 is 1.06 bits per heavy atom. The predicted molar refractivity (Wildman–Crippen MR) is 126 cm³/mol. The minimum atomic E-state index is -4.33. The number of nitrogens with one attached hydrogen (secondary N) is 2. The highest BCUT2D eigenvalue weighted by atomic mass is 19.4. The van der Waals surface area contributed by atoms with Gasteiger partial charge in [-0.3, -0.25) is 4.79 Å². The van der Waals surface area contributed by atoms with Gasteiger partial charge >= 0.3 is 6.18 Å². The van der Waals surface area contributed by atoms with Gasteiger partial charge in [-0.05, 0) is 56.3 Å². The number of alkyl halides is 3. The molecular weight excluding hydrogens is 459 g/mol. The SMILES string of the molecule is O=C(NC1CCNCC1)c1cn2ccc(OC3CCN(c4ccc(C(F)(F)F)cc4)CC3)cc2n1. The molecule has 0 spiro atoms. The predicted octanol–water partition coefficient (Wildman–Crippen LogP) is 3.88. The average Bonchev–Trinajstić information content (AvgIpc) is 3.29. The van der Waals surface area contributed by atoms with Gasteiger partial charge in [-0.15, -0.1) is 0 Å². The van der Waals surface area contributed by atoms with Crippen molar-refractivity contribution in [2.24, 2.45) is 0 Å². The molecule has 7 nitrogen and oxygen atoms in total. The molecule has 0 saturated carbocycles. The van der Waals surface area contributed by atoms with E-state index in [1.165, 1.54) is 12.1 Å². The third-order valence-electron chi connectivity index (χ3n) is 6.64. The van der Waals surface area contributed by atoms with Gasteiger partial charge in [0.05, 0.1) is 5.56 Å². The largest absolute Gasteiger partial charge is 0.490 e. The average molecular weight is 488 g/mol. The molecular formula is C25H28F3N5O2. The van der Waals surface area contributed by atoms with Crippen LogP contribution in [0.15, 0.2) is 48.8 Å². The quantitative estimate of drug-likeness (QED) is 0.572. The van der Waals surface area contributed by atoms with E-state index in [-0.39, 0.29) is 18.1 Å². The standard InChI is InChI=1S/C25H28F3N5O2/c26-25(27,28)17-1-3-19(4-2-17)32-12-7-20(8-13-32)35-21-9-14-33-16-22(31-23(33)15-21)24(34)30-18-5-10-29-11-6-18/h1-4,9,14-16,18,20,29H,5-8,10-13H2,(H,30,34). The van der Waals surface area contributed by atoms with Crippen LogP contribution in [0.1, 0.15) is 41.7 Å². The Kier molecular flexibility index (Phi) is 6.55. The highest BCUT2D eigenvalue weighted by Gasteiger charge is 2.30. The minimum Gasteiger partial charge on any atom is -0.490 e. The van der Waals surface area contributed by atoms with Crippen LogP contribution in [0.4, 0.5) is 18.9 Å². The van der Waals surface area contributed by atoms with Gasteiger partial charge in [-0.2, -0.15) is 13.2 Å². The van der Waals surface area contributed by atoms with E-state index in [2.05, 4.69) is 20.5 Å². The highest BCUT2D eigenvalue weighted by Crippen LogP contribution is 2.31. The number of hydrogen-bond donors (Lipinski definition) is 2. The smallest absolute Gasteiger partial charge is 0.416 e. The lowest BCUT2D eigenvalue weighted by atomic mass is 10.1. The summed E-state index contributed by atoms with van der Waals surface area (Å²) in [6.07, 6.45) is 2.56. The Hall–Kier alpha value is -3.27. The zero-order valence-electron chi connectivity index (χ0n) is 19.2. The lowest BCUT2D eigenvalue weighted by molar-refractivity contribution is -0.137. The van der Waals surface area contributed by atoms with Gasteiger partial charge in [0, 0.05) is 56.1 Å². The second kappa shape index (κ2) is 9.77. The van der Waals surface area contributed by atoms with E-state index in [0.717, 1.165) is 56.6 Å². The maximum Gasteiger partial charge on any atom is 0.416 e. The number of benzene rings is 1.